The molecule has 17 nitrogen and oxygen atoms in total. The molecule has 654 valence electrons. The molecule has 0 saturated carbocycles. The van der Waals surface area contributed by atoms with E-state index in [1.807, 2.05) is 0 Å². The molecule has 0 aliphatic rings. The minimum Gasteiger partial charge on any atom is -0.462 e. The first-order chi connectivity index (χ1) is 53.4. The van der Waals surface area contributed by atoms with Gasteiger partial charge in [0.15, 0.2) is 12.2 Å². The first kappa shape index (κ1) is 108. The van der Waals surface area contributed by atoms with Crippen molar-refractivity contribution in [2.24, 2.45) is 11.8 Å². The maximum atomic E-state index is 13.2. The predicted molar refractivity (Wildman–Crippen MR) is 455 cm³/mol. The number of phosphoric ester groups is 2. The maximum absolute atomic E-state index is 13.2. The standard InChI is InChI=1S/C91H178O17P2/c1-7-9-11-13-15-17-19-21-23-25-27-29-31-33-37-41-45-49-57-63-69-75-90(95)107-86(79-101-88(93)73-67-61-55-48-44-40-36-32-30-28-26-24-22-20-18-16-14-12-10-8-2)81-105-109(97,98)103-77-85(92)78-104-110(99,100)106-82-87(80-102-89(94)74-68-62-56-52-51-54-60-66-72-84(5)6)108-91(96)76-70-64-58-50-46-42-38-34-35-39-43-47-53-59-65-71-83(3)4/h83-87,92H,7-82H2,1-6H3,(H,97,98)(H,99,100)/t85-,86-,87-/m1/s1. The lowest BCUT2D eigenvalue weighted by molar-refractivity contribution is -0.161. The Kier molecular flexibility index (Phi) is 80.7. The van der Waals surface area contributed by atoms with E-state index in [1.54, 1.807) is 0 Å². The molecule has 2 unspecified atom stereocenters. The van der Waals surface area contributed by atoms with Gasteiger partial charge in [0, 0.05) is 25.7 Å². The lowest BCUT2D eigenvalue weighted by Crippen LogP contribution is -2.30. The highest BCUT2D eigenvalue weighted by Crippen LogP contribution is 2.45. The Morgan fingerprint density at radius 2 is 0.418 bits per heavy atom. The van der Waals surface area contributed by atoms with Crippen molar-refractivity contribution >= 4 is 39.5 Å². The molecule has 0 spiro atoms. The van der Waals surface area contributed by atoms with Gasteiger partial charge < -0.3 is 33.8 Å². The van der Waals surface area contributed by atoms with E-state index in [-0.39, 0.29) is 25.7 Å². The number of hydrogen-bond donors (Lipinski definition) is 3. The van der Waals surface area contributed by atoms with Gasteiger partial charge in [-0.2, -0.15) is 0 Å². The van der Waals surface area contributed by atoms with Crippen LogP contribution in [0, 0.1) is 11.8 Å². The van der Waals surface area contributed by atoms with Gasteiger partial charge in [-0.3, -0.25) is 37.3 Å². The summed E-state index contributed by atoms with van der Waals surface area (Å²) in [6.07, 6.45) is 76.6. The molecule has 0 aliphatic carbocycles. The van der Waals surface area contributed by atoms with Crippen molar-refractivity contribution in [2.75, 3.05) is 39.6 Å². The summed E-state index contributed by atoms with van der Waals surface area (Å²) in [6.45, 7) is 9.69. The maximum Gasteiger partial charge on any atom is 0.472 e. The summed E-state index contributed by atoms with van der Waals surface area (Å²) in [4.78, 5) is 73.4. The molecule has 0 heterocycles. The van der Waals surface area contributed by atoms with Gasteiger partial charge in [-0.1, -0.05) is 440 Å². The lowest BCUT2D eigenvalue weighted by atomic mass is 10.0. The minimum absolute atomic E-state index is 0.108. The number of ether oxygens (including phenoxy) is 4. The molecule has 0 fully saturated rings. The van der Waals surface area contributed by atoms with Crippen LogP contribution in [0.1, 0.15) is 491 Å². The molecule has 0 amide bonds. The third-order valence-electron chi connectivity index (χ3n) is 21.5. The van der Waals surface area contributed by atoms with E-state index in [0.717, 1.165) is 102 Å². The van der Waals surface area contributed by atoms with E-state index in [1.165, 1.54) is 308 Å². The number of carbonyl (C=O) groups excluding carboxylic acids is 4. The third kappa shape index (κ3) is 84.0. The van der Waals surface area contributed by atoms with Gasteiger partial charge in [0.1, 0.15) is 19.3 Å². The van der Waals surface area contributed by atoms with Crippen molar-refractivity contribution in [3.05, 3.63) is 0 Å². The fourth-order valence-electron chi connectivity index (χ4n) is 14.3. The van der Waals surface area contributed by atoms with E-state index in [4.69, 9.17) is 37.0 Å². The van der Waals surface area contributed by atoms with Crippen LogP contribution in [0.4, 0.5) is 0 Å². The fraction of sp³-hybridized carbons (Fsp3) is 0.956. The first-order valence-corrected chi connectivity index (χ1v) is 50.0. The number of phosphoric acid groups is 2. The predicted octanol–water partition coefficient (Wildman–Crippen LogP) is 28.2. The van der Waals surface area contributed by atoms with Crippen LogP contribution in [0.25, 0.3) is 0 Å². The largest absolute Gasteiger partial charge is 0.472 e. The normalized spacial score (nSPS) is 13.7. The van der Waals surface area contributed by atoms with Crippen molar-refractivity contribution < 1.29 is 80.2 Å². The van der Waals surface area contributed by atoms with Crippen LogP contribution >= 0.6 is 15.6 Å². The Morgan fingerprint density at radius 3 is 0.618 bits per heavy atom. The summed E-state index contributed by atoms with van der Waals surface area (Å²) in [5.41, 5.74) is 0. The van der Waals surface area contributed by atoms with Gasteiger partial charge in [-0.25, -0.2) is 9.13 Å². The smallest absolute Gasteiger partial charge is 0.462 e. The average Bonchev–Trinajstić information content (AvgIpc) is 0.899. The summed E-state index contributed by atoms with van der Waals surface area (Å²) in [6, 6.07) is 0. The Labute approximate surface area is 677 Å². The summed E-state index contributed by atoms with van der Waals surface area (Å²) in [7, 11) is -9.94. The van der Waals surface area contributed by atoms with Crippen LogP contribution < -0.4 is 0 Å². The summed E-state index contributed by atoms with van der Waals surface area (Å²) in [5.74, 6) is -0.569. The van der Waals surface area contributed by atoms with Crippen molar-refractivity contribution in [1.29, 1.82) is 0 Å². The topological polar surface area (TPSA) is 237 Å². The Hall–Kier alpha value is -1.94. The number of rotatable bonds is 90. The van der Waals surface area contributed by atoms with E-state index in [9.17, 15) is 43.2 Å². The van der Waals surface area contributed by atoms with Gasteiger partial charge in [0.05, 0.1) is 26.4 Å². The number of aliphatic hydroxyl groups excluding tert-OH is 1. The summed E-state index contributed by atoms with van der Waals surface area (Å²) < 4.78 is 69.1. The lowest BCUT2D eigenvalue weighted by Gasteiger charge is -2.21. The van der Waals surface area contributed by atoms with E-state index in [2.05, 4.69) is 41.5 Å². The summed E-state index contributed by atoms with van der Waals surface area (Å²) >= 11 is 0. The van der Waals surface area contributed by atoms with Crippen LogP contribution in [0.5, 0.6) is 0 Å². The molecule has 0 aliphatic heterocycles. The SMILES string of the molecule is CCCCCCCCCCCCCCCCCCCCCCCC(=O)O[C@H](COC(=O)CCCCCCCCCCCCCCCCCCCCCC)COP(=O)(O)OC[C@@H](O)COP(=O)(O)OC[C@@H](COC(=O)CCCCCCCCCCC(C)C)OC(=O)CCCCCCCCCCCCCCCCCC(C)C. The molecular weight excluding hydrogens is 1430 g/mol. The van der Waals surface area contributed by atoms with Gasteiger partial charge in [-0.15, -0.1) is 0 Å². The second kappa shape index (κ2) is 82.2. The van der Waals surface area contributed by atoms with Crippen molar-refractivity contribution in [2.45, 2.75) is 509 Å². The van der Waals surface area contributed by atoms with Crippen LogP contribution in [0.2, 0.25) is 0 Å². The molecular formula is C91H178O17P2. The number of carbonyl (C=O) groups is 4. The van der Waals surface area contributed by atoms with Gasteiger partial charge in [0.25, 0.3) is 0 Å². The quantitative estimate of drug-likeness (QED) is 0.0222. The minimum atomic E-state index is -4.97. The molecule has 0 saturated heterocycles. The molecule has 0 aromatic heterocycles. The van der Waals surface area contributed by atoms with E-state index >= 15 is 0 Å². The van der Waals surface area contributed by atoms with Crippen LogP contribution in [-0.4, -0.2) is 96.7 Å². The number of aliphatic hydroxyl groups is 1. The Balaban J connectivity index is 5.23. The Bertz CT molecular complexity index is 2100. The first-order valence-electron chi connectivity index (χ1n) is 47.0. The molecule has 0 aromatic carbocycles. The van der Waals surface area contributed by atoms with E-state index in [0.29, 0.717) is 25.7 Å². The second-order valence-corrected chi connectivity index (χ2v) is 36.6. The average molecular weight is 1610 g/mol. The highest BCUT2D eigenvalue weighted by atomic mass is 31.2. The fourth-order valence-corrected chi connectivity index (χ4v) is 15.9. The van der Waals surface area contributed by atoms with Crippen LogP contribution in [0.15, 0.2) is 0 Å². The number of unbranched alkanes of at least 4 members (excludes halogenated alkanes) is 60. The van der Waals surface area contributed by atoms with Crippen molar-refractivity contribution in [1.82, 2.24) is 0 Å². The molecule has 0 radical (unpaired) electrons. The molecule has 110 heavy (non-hydrogen) atoms. The molecule has 3 N–H and O–H groups in total. The molecule has 5 atom stereocenters. The number of hydrogen-bond acceptors (Lipinski definition) is 15. The molecule has 19 heteroatoms. The zero-order chi connectivity index (χ0) is 80.6. The highest BCUT2D eigenvalue weighted by Gasteiger charge is 2.31. The van der Waals surface area contributed by atoms with Crippen molar-refractivity contribution in [3.63, 3.8) is 0 Å². The van der Waals surface area contributed by atoms with Crippen molar-refractivity contribution in [3.8, 4) is 0 Å². The zero-order valence-corrected chi connectivity index (χ0v) is 74.4. The number of esters is 4. The second-order valence-electron chi connectivity index (χ2n) is 33.6. The van der Waals surface area contributed by atoms with Gasteiger partial charge in [0.2, 0.25) is 0 Å². The highest BCUT2D eigenvalue weighted by molar-refractivity contribution is 7.47. The van der Waals surface area contributed by atoms with E-state index < -0.39 is 97.5 Å². The third-order valence-corrected chi connectivity index (χ3v) is 23.4. The van der Waals surface area contributed by atoms with Crippen LogP contribution in [0.3, 0.4) is 0 Å². The molecule has 0 bridgehead atoms. The van der Waals surface area contributed by atoms with Gasteiger partial charge in [-0.05, 0) is 37.5 Å². The molecule has 0 rings (SSSR count). The summed E-state index contributed by atoms with van der Waals surface area (Å²) in [5, 5.41) is 10.7. The monoisotopic (exact) mass is 1610 g/mol. The molecule has 0 aromatic rings. The Morgan fingerprint density at radius 1 is 0.245 bits per heavy atom. The zero-order valence-electron chi connectivity index (χ0n) is 72.6. The van der Waals surface area contributed by atoms with Crippen LogP contribution in [-0.2, 0) is 65.4 Å². The van der Waals surface area contributed by atoms with Gasteiger partial charge >= 0.3 is 39.5 Å².